The Morgan fingerprint density at radius 3 is 2.73 bits per heavy atom. The van der Waals surface area contributed by atoms with E-state index < -0.39 is 0 Å². The molecule has 0 heteroatoms. The van der Waals surface area contributed by atoms with Gasteiger partial charge in [-0.3, -0.25) is 0 Å². The molecule has 3 atom stereocenters. The van der Waals surface area contributed by atoms with Crippen LogP contribution in [0.25, 0.3) is 0 Å². The molecule has 0 radical (unpaired) electrons. The summed E-state index contributed by atoms with van der Waals surface area (Å²) in [5.74, 6) is 2.64. The van der Waals surface area contributed by atoms with E-state index in [9.17, 15) is 0 Å². The first-order chi connectivity index (χ1) is 5.24. The monoisotopic (exact) mass is 152 g/mol. The molecule has 0 bridgehead atoms. The molecule has 0 fully saturated rings. The van der Waals surface area contributed by atoms with Gasteiger partial charge in [-0.15, -0.1) is 0 Å². The van der Waals surface area contributed by atoms with Crippen LogP contribution < -0.4 is 0 Å². The van der Waals surface area contributed by atoms with Gasteiger partial charge in [-0.05, 0) is 37.0 Å². The molecule has 1 aliphatic rings. The van der Waals surface area contributed by atoms with E-state index in [4.69, 9.17) is 0 Å². The summed E-state index contributed by atoms with van der Waals surface area (Å²) in [5.41, 5.74) is 0. The van der Waals surface area contributed by atoms with Crippen LogP contribution in [0.2, 0.25) is 0 Å². The van der Waals surface area contributed by atoms with E-state index in [0.717, 1.165) is 17.8 Å². The maximum absolute atomic E-state index is 2.42. The molecule has 64 valence electrons. The molecule has 0 N–H and O–H groups in total. The second-order valence-electron chi connectivity index (χ2n) is 4.05. The molecule has 3 unspecified atom stereocenters. The van der Waals surface area contributed by atoms with E-state index in [-0.39, 0.29) is 0 Å². The van der Waals surface area contributed by atoms with Gasteiger partial charge in [0.15, 0.2) is 0 Å². The molecular formula is C11H20. The van der Waals surface area contributed by atoms with Gasteiger partial charge in [0.05, 0.1) is 0 Å². The van der Waals surface area contributed by atoms with Crippen LogP contribution in [0.1, 0.15) is 40.0 Å². The van der Waals surface area contributed by atoms with Gasteiger partial charge in [-0.1, -0.05) is 32.9 Å². The summed E-state index contributed by atoms with van der Waals surface area (Å²) in [7, 11) is 0. The van der Waals surface area contributed by atoms with Gasteiger partial charge in [0.1, 0.15) is 0 Å². The second-order valence-corrected chi connectivity index (χ2v) is 4.05. The second kappa shape index (κ2) is 3.94. The fraction of sp³-hybridized carbons (Fsp3) is 0.818. The van der Waals surface area contributed by atoms with Crippen molar-refractivity contribution in [3.8, 4) is 0 Å². The Balaban J connectivity index is 2.54. The van der Waals surface area contributed by atoms with Gasteiger partial charge in [-0.2, -0.15) is 0 Å². The molecule has 0 aromatic carbocycles. The third kappa shape index (κ3) is 2.36. The Bertz CT molecular complexity index is 135. The lowest BCUT2D eigenvalue weighted by molar-refractivity contribution is 0.347. The van der Waals surface area contributed by atoms with E-state index in [1.54, 1.807) is 0 Å². The lowest BCUT2D eigenvalue weighted by atomic mass is 9.87. The molecule has 0 saturated heterocycles. The summed E-state index contributed by atoms with van der Waals surface area (Å²) in [5, 5.41) is 0. The minimum absolute atomic E-state index is 0.847. The van der Waals surface area contributed by atoms with E-state index in [1.807, 2.05) is 0 Å². The smallest absolute Gasteiger partial charge is 0.0210 e. The molecule has 0 saturated carbocycles. The van der Waals surface area contributed by atoms with E-state index in [0.29, 0.717) is 0 Å². The van der Waals surface area contributed by atoms with Gasteiger partial charge in [0.2, 0.25) is 0 Å². The van der Waals surface area contributed by atoms with E-state index in [2.05, 4.69) is 32.9 Å². The minimum Gasteiger partial charge on any atom is -0.0880 e. The minimum atomic E-state index is 0.847. The lowest BCUT2D eigenvalue weighted by Crippen LogP contribution is -2.09. The van der Waals surface area contributed by atoms with Crippen LogP contribution in [0.5, 0.6) is 0 Å². The quantitative estimate of drug-likeness (QED) is 0.503. The molecule has 11 heavy (non-hydrogen) atoms. The zero-order valence-electron chi connectivity index (χ0n) is 8.01. The van der Waals surface area contributed by atoms with Crippen molar-refractivity contribution in [2.75, 3.05) is 0 Å². The Morgan fingerprint density at radius 1 is 1.36 bits per heavy atom. The van der Waals surface area contributed by atoms with E-state index >= 15 is 0 Å². The maximum Gasteiger partial charge on any atom is -0.0210 e. The summed E-state index contributed by atoms with van der Waals surface area (Å²) in [6.45, 7) is 7.04. The highest BCUT2D eigenvalue weighted by Crippen LogP contribution is 2.28. The van der Waals surface area contributed by atoms with Crippen molar-refractivity contribution in [3.63, 3.8) is 0 Å². The van der Waals surface area contributed by atoms with Crippen molar-refractivity contribution in [1.29, 1.82) is 0 Å². The highest BCUT2D eigenvalue weighted by atomic mass is 14.2. The Hall–Kier alpha value is -0.260. The summed E-state index contributed by atoms with van der Waals surface area (Å²) in [6, 6.07) is 0. The fourth-order valence-electron chi connectivity index (χ4n) is 2.12. The van der Waals surface area contributed by atoms with Crippen LogP contribution in [0, 0.1) is 17.8 Å². The molecule has 0 spiro atoms. The zero-order chi connectivity index (χ0) is 8.27. The van der Waals surface area contributed by atoms with Gasteiger partial charge in [-0.25, -0.2) is 0 Å². The normalized spacial score (nSPS) is 38.6. The first kappa shape index (κ1) is 8.83. The number of allylic oxidation sites excluding steroid dienone is 2. The van der Waals surface area contributed by atoms with Gasteiger partial charge < -0.3 is 0 Å². The largest absolute Gasteiger partial charge is 0.0880 e. The SMILES string of the molecule is CCC1C=CCC(C)CC1C. The molecule has 0 heterocycles. The van der Waals surface area contributed by atoms with Crippen LogP contribution >= 0.6 is 0 Å². The van der Waals surface area contributed by atoms with Crippen molar-refractivity contribution < 1.29 is 0 Å². The molecule has 1 aliphatic carbocycles. The predicted molar refractivity (Wildman–Crippen MR) is 50.5 cm³/mol. The van der Waals surface area contributed by atoms with Crippen molar-refractivity contribution >= 4 is 0 Å². The highest BCUT2D eigenvalue weighted by molar-refractivity contribution is 4.94. The van der Waals surface area contributed by atoms with E-state index in [1.165, 1.54) is 19.3 Å². The first-order valence-electron chi connectivity index (χ1n) is 4.90. The third-order valence-corrected chi connectivity index (χ3v) is 2.90. The highest BCUT2D eigenvalue weighted by Gasteiger charge is 2.17. The number of rotatable bonds is 1. The van der Waals surface area contributed by atoms with Crippen LogP contribution in [0.4, 0.5) is 0 Å². The average Bonchev–Trinajstić information content (AvgIpc) is 2.11. The topological polar surface area (TPSA) is 0 Å². The predicted octanol–water partition coefficient (Wildman–Crippen LogP) is 3.63. The third-order valence-electron chi connectivity index (χ3n) is 2.90. The molecule has 0 aromatic rings. The molecule has 0 aliphatic heterocycles. The fourth-order valence-corrected chi connectivity index (χ4v) is 2.12. The molecule has 1 rings (SSSR count). The van der Waals surface area contributed by atoms with Crippen molar-refractivity contribution in [2.45, 2.75) is 40.0 Å². The molecule has 0 amide bonds. The van der Waals surface area contributed by atoms with Crippen LogP contribution in [0.15, 0.2) is 12.2 Å². The molecule has 0 aromatic heterocycles. The summed E-state index contributed by atoms with van der Waals surface area (Å²) >= 11 is 0. The zero-order valence-corrected chi connectivity index (χ0v) is 8.01. The average molecular weight is 152 g/mol. The Labute approximate surface area is 70.7 Å². The standard InChI is InChI=1S/C11H20/c1-4-11-7-5-6-9(2)8-10(11)3/h5,7,9-11H,4,6,8H2,1-3H3. The van der Waals surface area contributed by atoms with Gasteiger partial charge in [0.25, 0.3) is 0 Å². The summed E-state index contributed by atoms with van der Waals surface area (Å²) in [6.07, 6.45) is 8.81. The number of hydrogen-bond donors (Lipinski definition) is 0. The summed E-state index contributed by atoms with van der Waals surface area (Å²) in [4.78, 5) is 0. The Morgan fingerprint density at radius 2 is 2.09 bits per heavy atom. The maximum atomic E-state index is 2.42. The number of hydrogen-bond acceptors (Lipinski definition) is 0. The summed E-state index contributed by atoms with van der Waals surface area (Å²) < 4.78 is 0. The Kier molecular flexibility index (Phi) is 3.16. The van der Waals surface area contributed by atoms with Crippen LogP contribution in [0.3, 0.4) is 0 Å². The lowest BCUT2D eigenvalue weighted by Gasteiger charge is -2.19. The first-order valence-corrected chi connectivity index (χ1v) is 4.90. The van der Waals surface area contributed by atoms with Crippen molar-refractivity contribution in [2.24, 2.45) is 17.8 Å². The molecular weight excluding hydrogens is 132 g/mol. The van der Waals surface area contributed by atoms with Gasteiger partial charge >= 0.3 is 0 Å². The van der Waals surface area contributed by atoms with Crippen molar-refractivity contribution in [1.82, 2.24) is 0 Å². The van der Waals surface area contributed by atoms with Gasteiger partial charge in [0, 0.05) is 0 Å². The van der Waals surface area contributed by atoms with Crippen LogP contribution in [-0.4, -0.2) is 0 Å². The van der Waals surface area contributed by atoms with Crippen molar-refractivity contribution in [3.05, 3.63) is 12.2 Å². The molecule has 0 nitrogen and oxygen atoms in total. The van der Waals surface area contributed by atoms with Crippen LogP contribution in [-0.2, 0) is 0 Å².